The molecular weight excluding hydrogens is 475 g/mol. The van der Waals surface area contributed by atoms with Crippen molar-refractivity contribution in [2.75, 3.05) is 20.2 Å². The van der Waals surface area contributed by atoms with Gasteiger partial charge in [-0.2, -0.15) is 4.39 Å². The SMILES string of the molecule is CC#CC(=O)N1CCC(c2nc(-c3ccc(Oc4cccc(OC)c4F)cc3)c3c(CO)nccn23)C1. The molecule has 188 valence electrons. The van der Waals surface area contributed by atoms with Crippen LogP contribution in [0.4, 0.5) is 4.39 Å². The van der Waals surface area contributed by atoms with E-state index in [2.05, 4.69) is 16.8 Å². The monoisotopic (exact) mass is 500 g/mol. The molecule has 0 radical (unpaired) electrons. The number of hydrogen-bond donors (Lipinski definition) is 1. The lowest BCUT2D eigenvalue weighted by molar-refractivity contribution is -0.124. The number of imidazole rings is 1. The molecule has 2 aromatic carbocycles. The zero-order valence-electron chi connectivity index (χ0n) is 20.4. The normalized spacial score (nSPS) is 14.9. The van der Waals surface area contributed by atoms with Gasteiger partial charge < -0.3 is 19.5 Å². The first kappa shape index (κ1) is 24.3. The van der Waals surface area contributed by atoms with Gasteiger partial charge in [0.25, 0.3) is 5.91 Å². The highest BCUT2D eigenvalue weighted by atomic mass is 19.1. The maximum absolute atomic E-state index is 14.5. The summed E-state index contributed by atoms with van der Waals surface area (Å²) in [4.78, 5) is 23.3. The first-order valence-corrected chi connectivity index (χ1v) is 11.8. The van der Waals surface area contributed by atoms with Crippen LogP contribution in [-0.2, 0) is 11.4 Å². The highest BCUT2D eigenvalue weighted by molar-refractivity contribution is 5.93. The Bertz CT molecular complexity index is 1520. The smallest absolute Gasteiger partial charge is 0.298 e. The molecule has 0 aliphatic carbocycles. The van der Waals surface area contributed by atoms with Crippen LogP contribution in [-0.4, -0.2) is 50.5 Å². The number of ether oxygens (including phenoxy) is 2. The molecule has 1 N–H and O–H groups in total. The second-order valence-corrected chi connectivity index (χ2v) is 8.58. The maximum atomic E-state index is 14.5. The number of hydrogen-bond acceptors (Lipinski definition) is 6. The molecule has 4 aromatic rings. The number of carbonyl (C=O) groups excluding carboxylic acids is 1. The lowest BCUT2D eigenvalue weighted by atomic mass is 10.1. The number of nitrogens with zero attached hydrogens (tertiary/aromatic N) is 4. The molecule has 1 atom stereocenters. The minimum Gasteiger partial charge on any atom is -0.494 e. The second kappa shape index (κ2) is 10.3. The van der Waals surface area contributed by atoms with E-state index in [-0.39, 0.29) is 29.9 Å². The summed E-state index contributed by atoms with van der Waals surface area (Å²) in [6.07, 6.45) is 4.21. The summed E-state index contributed by atoms with van der Waals surface area (Å²) in [7, 11) is 1.40. The van der Waals surface area contributed by atoms with Crippen molar-refractivity contribution in [1.29, 1.82) is 0 Å². The van der Waals surface area contributed by atoms with Crippen LogP contribution < -0.4 is 9.47 Å². The number of amides is 1. The summed E-state index contributed by atoms with van der Waals surface area (Å²) >= 11 is 0. The van der Waals surface area contributed by atoms with Gasteiger partial charge in [-0.1, -0.05) is 12.0 Å². The Labute approximate surface area is 213 Å². The van der Waals surface area contributed by atoms with Crippen molar-refractivity contribution in [3.05, 3.63) is 72.2 Å². The van der Waals surface area contributed by atoms with E-state index in [1.54, 1.807) is 36.2 Å². The molecule has 1 aliphatic rings. The Balaban J connectivity index is 1.49. The number of fused-ring (bicyclic) bond motifs is 1. The number of aliphatic hydroxyl groups is 1. The van der Waals surface area contributed by atoms with Crippen molar-refractivity contribution in [3.63, 3.8) is 0 Å². The summed E-state index contributed by atoms with van der Waals surface area (Å²) in [5.41, 5.74) is 2.64. The van der Waals surface area contributed by atoms with Gasteiger partial charge in [0.2, 0.25) is 5.82 Å². The fourth-order valence-electron chi connectivity index (χ4n) is 4.61. The first-order valence-electron chi connectivity index (χ1n) is 11.8. The molecule has 5 rings (SSSR count). The third-order valence-corrected chi connectivity index (χ3v) is 6.38. The molecule has 1 aliphatic heterocycles. The minimum atomic E-state index is -0.577. The summed E-state index contributed by atoms with van der Waals surface area (Å²) in [6, 6.07) is 11.8. The lowest BCUT2D eigenvalue weighted by Gasteiger charge is -2.12. The average molecular weight is 501 g/mol. The zero-order chi connectivity index (χ0) is 25.9. The third kappa shape index (κ3) is 4.59. The Morgan fingerprint density at radius 3 is 2.73 bits per heavy atom. The highest BCUT2D eigenvalue weighted by Crippen LogP contribution is 2.35. The first-order chi connectivity index (χ1) is 18.0. The van der Waals surface area contributed by atoms with E-state index in [9.17, 15) is 14.3 Å². The molecule has 1 amide bonds. The predicted octanol–water partition coefficient (Wildman–Crippen LogP) is 4.17. The van der Waals surface area contributed by atoms with E-state index < -0.39 is 5.82 Å². The van der Waals surface area contributed by atoms with Crippen LogP contribution in [0.3, 0.4) is 0 Å². The van der Waals surface area contributed by atoms with E-state index in [1.807, 2.05) is 22.7 Å². The van der Waals surface area contributed by atoms with Gasteiger partial charge in [0.05, 0.1) is 30.6 Å². The van der Waals surface area contributed by atoms with Crippen molar-refractivity contribution >= 4 is 11.4 Å². The standard InChI is InChI=1S/C28H25FN4O4/c1-3-5-24(35)32-14-12-19(16-32)28-31-26(27-21(17-34)30-13-15-33(27)28)18-8-10-20(11-9-18)37-23-7-4-6-22(36-2)25(23)29/h4,6-11,13,15,19,34H,12,14,16-17H2,1-2H3. The highest BCUT2D eigenvalue weighted by Gasteiger charge is 2.31. The van der Waals surface area contributed by atoms with Crippen molar-refractivity contribution in [1.82, 2.24) is 19.3 Å². The number of halogens is 1. The van der Waals surface area contributed by atoms with E-state index in [0.717, 1.165) is 17.8 Å². The van der Waals surface area contributed by atoms with Gasteiger partial charge in [-0.25, -0.2) is 4.98 Å². The maximum Gasteiger partial charge on any atom is 0.298 e. The van der Waals surface area contributed by atoms with Crippen LogP contribution in [0, 0.1) is 17.7 Å². The molecule has 8 nitrogen and oxygen atoms in total. The van der Waals surface area contributed by atoms with Gasteiger partial charge in [-0.05, 0) is 55.7 Å². The quantitative estimate of drug-likeness (QED) is 0.400. The summed E-state index contributed by atoms with van der Waals surface area (Å²) in [5.74, 6) is 5.91. The Kier molecular flexibility index (Phi) is 6.75. The van der Waals surface area contributed by atoms with Gasteiger partial charge in [0.1, 0.15) is 11.6 Å². The van der Waals surface area contributed by atoms with E-state index in [0.29, 0.717) is 35.7 Å². The molecule has 1 fully saturated rings. The Morgan fingerprint density at radius 1 is 1.22 bits per heavy atom. The number of aliphatic hydroxyl groups excluding tert-OH is 1. The van der Waals surface area contributed by atoms with Crippen molar-refractivity contribution in [2.45, 2.75) is 25.9 Å². The number of carbonyl (C=O) groups is 1. The number of benzene rings is 2. The summed E-state index contributed by atoms with van der Waals surface area (Å²) in [6.45, 7) is 2.52. The fraction of sp³-hybridized carbons (Fsp3) is 0.250. The molecule has 0 bridgehead atoms. The molecule has 3 heterocycles. The van der Waals surface area contributed by atoms with Gasteiger partial charge in [-0.15, -0.1) is 0 Å². The van der Waals surface area contributed by atoms with Crippen LogP contribution in [0.1, 0.15) is 30.8 Å². The van der Waals surface area contributed by atoms with Gasteiger partial charge in [-0.3, -0.25) is 14.2 Å². The van der Waals surface area contributed by atoms with Crippen LogP contribution in [0.5, 0.6) is 17.2 Å². The predicted molar refractivity (Wildman–Crippen MR) is 135 cm³/mol. The molecule has 2 aromatic heterocycles. The average Bonchev–Trinajstić information content (AvgIpc) is 3.56. The summed E-state index contributed by atoms with van der Waals surface area (Å²) < 4.78 is 27.2. The topological polar surface area (TPSA) is 89.2 Å². The number of aromatic nitrogens is 3. The lowest BCUT2D eigenvalue weighted by Crippen LogP contribution is -2.27. The number of rotatable bonds is 6. The van der Waals surface area contributed by atoms with Crippen LogP contribution in [0.2, 0.25) is 0 Å². The molecular formula is C28H25FN4O4. The van der Waals surface area contributed by atoms with Gasteiger partial charge >= 0.3 is 0 Å². The minimum absolute atomic E-state index is 0.0106. The van der Waals surface area contributed by atoms with E-state index in [4.69, 9.17) is 14.5 Å². The van der Waals surface area contributed by atoms with Crippen LogP contribution in [0.15, 0.2) is 54.9 Å². The molecule has 0 saturated carbocycles. The fourth-order valence-corrected chi connectivity index (χ4v) is 4.61. The van der Waals surface area contributed by atoms with Gasteiger partial charge in [0.15, 0.2) is 11.5 Å². The zero-order valence-corrected chi connectivity index (χ0v) is 20.4. The molecule has 1 saturated heterocycles. The van der Waals surface area contributed by atoms with Crippen molar-refractivity contribution in [2.24, 2.45) is 0 Å². The number of methoxy groups -OCH3 is 1. The van der Waals surface area contributed by atoms with Gasteiger partial charge in [0, 0.05) is 37.0 Å². The van der Waals surface area contributed by atoms with E-state index >= 15 is 0 Å². The van der Waals surface area contributed by atoms with E-state index in [1.165, 1.54) is 19.2 Å². The van der Waals surface area contributed by atoms with Crippen LogP contribution in [0.25, 0.3) is 16.8 Å². The van der Waals surface area contributed by atoms with Crippen molar-refractivity contribution in [3.8, 4) is 40.3 Å². The Hall–Kier alpha value is -4.42. The molecule has 37 heavy (non-hydrogen) atoms. The summed E-state index contributed by atoms with van der Waals surface area (Å²) in [5, 5.41) is 9.99. The largest absolute Gasteiger partial charge is 0.494 e. The molecule has 0 spiro atoms. The number of likely N-dealkylation sites (tertiary alicyclic amines) is 1. The molecule has 1 unspecified atom stereocenters. The van der Waals surface area contributed by atoms with Crippen LogP contribution >= 0.6 is 0 Å². The second-order valence-electron chi connectivity index (χ2n) is 8.58. The Morgan fingerprint density at radius 2 is 2.00 bits per heavy atom. The molecule has 9 heteroatoms. The van der Waals surface area contributed by atoms with Crippen molar-refractivity contribution < 1.29 is 23.8 Å². The third-order valence-electron chi connectivity index (χ3n) is 6.38.